The molecule has 0 radical (unpaired) electrons. The van der Waals surface area contributed by atoms with E-state index in [2.05, 4.69) is 28.1 Å². The summed E-state index contributed by atoms with van der Waals surface area (Å²) in [6.45, 7) is 1.35. The molecular formula is C28H30N4O3. The Morgan fingerprint density at radius 2 is 1.66 bits per heavy atom. The monoisotopic (exact) mass is 470 g/mol. The maximum atomic E-state index is 12.4. The smallest absolute Gasteiger partial charge is 0.411 e. The van der Waals surface area contributed by atoms with Gasteiger partial charge in [-0.25, -0.2) is 4.79 Å². The van der Waals surface area contributed by atoms with Gasteiger partial charge < -0.3 is 21.1 Å². The summed E-state index contributed by atoms with van der Waals surface area (Å²) in [5, 5.41) is 9.13. The van der Waals surface area contributed by atoms with Crippen LogP contribution in [0.4, 0.5) is 21.9 Å². The lowest BCUT2D eigenvalue weighted by Crippen LogP contribution is -2.20. The van der Waals surface area contributed by atoms with Crippen molar-refractivity contribution in [3.05, 3.63) is 89.5 Å². The molecule has 0 heterocycles. The molecule has 35 heavy (non-hydrogen) atoms. The Morgan fingerprint density at radius 1 is 0.914 bits per heavy atom. The van der Waals surface area contributed by atoms with Crippen LogP contribution in [0.5, 0.6) is 0 Å². The first kappa shape index (κ1) is 22.9. The standard InChI is InChI=1S/C28H30N4O3/c29-24-3-1-2-4-25(24)32-27(33)21-11-13-22(14-12-21)31-28(34)35-17-19-7-9-20(10-8-19)23-15-26(23)30-16-18-5-6-18/h1-4,7-14,18,23,26,30H,5-6,15-17,29H2,(H,31,34)(H,32,33)/t23-,26+/m1/s1. The first-order valence-corrected chi connectivity index (χ1v) is 12.1. The zero-order chi connectivity index (χ0) is 24.2. The quantitative estimate of drug-likeness (QED) is 0.325. The number of amides is 2. The fourth-order valence-electron chi connectivity index (χ4n) is 4.10. The Bertz CT molecular complexity index is 1190. The molecule has 3 aromatic rings. The summed E-state index contributed by atoms with van der Waals surface area (Å²) in [5.74, 6) is 1.22. The van der Waals surface area contributed by atoms with Gasteiger partial charge in [0.25, 0.3) is 5.91 Å². The minimum atomic E-state index is -0.546. The Morgan fingerprint density at radius 3 is 2.37 bits per heavy atom. The fraction of sp³-hybridized carbons (Fsp3) is 0.286. The number of hydrogen-bond donors (Lipinski definition) is 4. The van der Waals surface area contributed by atoms with Crippen LogP contribution >= 0.6 is 0 Å². The van der Waals surface area contributed by atoms with Gasteiger partial charge in [0.15, 0.2) is 0 Å². The number of hydrogen-bond acceptors (Lipinski definition) is 5. The molecule has 3 aromatic carbocycles. The maximum Gasteiger partial charge on any atom is 0.411 e. The Kier molecular flexibility index (Phi) is 6.68. The van der Waals surface area contributed by atoms with Crippen LogP contribution in [-0.2, 0) is 11.3 Å². The van der Waals surface area contributed by atoms with E-state index in [9.17, 15) is 9.59 Å². The number of benzene rings is 3. The van der Waals surface area contributed by atoms with Crippen molar-refractivity contribution in [3.63, 3.8) is 0 Å². The van der Waals surface area contributed by atoms with E-state index in [4.69, 9.17) is 10.5 Å². The normalized spacial score (nSPS) is 18.5. The number of carbonyl (C=O) groups is 2. The maximum absolute atomic E-state index is 12.4. The molecule has 2 aliphatic carbocycles. The zero-order valence-electron chi connectivity index (χ0n) is 19.5. The molecule has 0 aromatic heterocycles. The van der Waals surface area contributed by atoms with Crippen molar-refractivity contribution < 1.29 is 14.3 Å². The molecule has 0 aliphatic heterocycles. The molecule has 2 atom stereocenters. The number of rotatable bonds is 9. The summed E-state index contributed by atoms with van der Waals surface area (Å²) in [4.78, 5) is 24.6. The van der Waals surface area contributed by atoms with E-state index in [0.717, 1.165) is 18.0 Å². The van der Waals surface area contributed by atoms with E-state index in [1.807, 2.05) is 12.1 Å². The predicted molar refractivity (Wildman–Crippen MR) is 137 cm³/mol. The summed E-state index contributed by atoms with van der Waals surface area (Å²) >= 11 is 0. The lowest BCUT2D eigenvalue weighted by Gasteiger charge is -2.10. The van der Waals surface area contributed by atoms with Gasteiger partial charge in [0.05, 0.1) is 11.4 Å². The van der Waals surface area contributed by atoms with Crippen LogP contribution in [0.2, 0.25) is 0 Å². The molecule has 2 saturated carbocycles. The van der Waals surface area contributed by atoms with Crippen LogP contribution in [0.25, 0.3) is 0 Å². The number of nitrogen functional groups attached to an aromatic ring is 1. The number of carbonyl (C=O) groups excluding carboxylic acids is 2. The van der Waals surface area contributed by atoms with E-state index in [-0.39, 0.29) is 12.5 Å². The SMILES string of the molecule is Nc1ccccc1NC(=O)c1ccc(NC(=O)OCc2ccc([C@H]3C[C@@H]3NCC3CC3)cc2)cc1. The molecular weight excluding hydrogens is 440 g/mol. The second kappa shape index (κ2) is 10.2. The van der Waals surface area contributed by atoms with Gasteiger partial charge in [0, 0.05) is 23.2 Å². The molecule has 0 bridgehead atoms. The first-order valence-electron chi connectivity index (χ1n) is 12.1. The number of para-hydroxylation sites is 2. The summed E-state index contributed by atoms with van der Waals surface area (Å²) in [6.07, 6.45) is 3.40. The average molecular weight is 471 g/mol. The third kappa shape index (κ3) is 6.19. The second-order valence-electron chi connectivity index (χ2n) is 9.36. The molecule has 5 N–H and O–H groups in total. The third-order valence-corrected chi connectivity index (χ3v) is 6.54. The molecule has 2 aliphatic rings. The van der Waals surface area contributed by atoms with Crippen molar-refractivity contribution in [2.24, 2.45) is 5.92 Å². The van der Waals surface area contributed by atoms with Crippen LogP contribution in [0.3, 0.4) is 0 Å². The highest BCUT2D eigenvalue weighted by atomic mass is 16.5. The lowest BCUT2D eigenvalue weighted by molar-refractivity contribution is 0.102. The van der Waals surface area contributed by atoms with Gasteiger partial charge >= 0.3 is 6.09 Å². The van der Waals surface area contributed by atoms with E-state index >= 15 is 0 Å². The van der Waals surface area contributed by atoms with Crippen LogP contribution < -0.4 is 21.7 Å². The fourth-order valence-corrected chi connectivity index (χ4v) is 4.10. The first-order chi connectivity index (χ1) is 17.0. The van der Waals surface area contributed by atoms with Gasteiger partial charge in [0.1, 0.15) is 6.61 Å². The predicted octanol–water partition coefficient (Wildman–Crippen LogP) is 5.13. The van der Waals surface area contributed by atoms with Crippen molar-refractivity contribution in [2.75, 3.05) is 22.9 Å². The van der Waals surface area contributed by atoms with Crippen LogP contribution in [0, 0.1) is 5.92 Å². The lowest BCUT2D eigenvalue weighted by atomic mass is 10.1. The van der Waals surface area contributed by atoms with Crippen molar-refractivity contribution >= 4 is 29.1 Å². The molecule has 2 amide bonds. The van der Waals surface area contributed by atoms with E-state index in [1.165, 1.54) is 24.8 Å². The molecule has 7 heteroatoms. The van der Waals surface area contributed by atoms with E-state index in [0.29, 0.717) is 34.6 Å². The zero-order valence-corrected chi connectivity index (χ0v) is 19.5. The molecule has 7 nitrogen and oxygen atoms in total. The molecule has 180 valence electrons. The average Bonchev–Trinajstić information content (AvgIpc) is 3.79. The summed E-state index contributed by atoms with van der Waals surface area (Å²) in [7, 11) is 0. The molecule has 0 spiro atoms. The summed E-state index contributed by atoms with van der Waals surface area (Å²) in [5.41, 5.74) is 10.2. The summed E-state index contributed by atoms with van der Waals surface area (Å²) < 4.78 is 5.36. The van der Waals surface area contributed by atoms with Gasteiger partial charge in [-0.1, -0.05) is 36.4 Å². The van der Waals surface area contributed by atoms with Crippen molar-refractivity contribution in [2.45, 2.75) is 37.8 Å². The number of ether oxygens (including phenoxy) is 1. The Hall–Kier alpha value is -3.84. The van der Waals surface area contributed by atoms with E-state index in [1.54, 1.807) is 48.5 Å². The van der Waals surface area contributed by atoms with Crippen LogP contribution in [0.15, 0.2) is 72.8 Å². The highest BCUT2D eigenvalue weighted by molar-refractivity contribution is 6.06. The van der Waals surface area contributed by atoms with Crippen molar-refractivity contribution in [1.29, 1.82) is 0 Å². The Balaban J connectivity index is 1.06. The van der Waals surface area contributed by atoms with E-state index < -0.39 is 6.09 Å². The van der Waals surface area contributed by atoms with Gasteiger partial charge in [-0.3, -0.25) is 10.1 Å². The van der Waals surface area contributed by atoms with Gasteiger partial charge in [0.2, 0.25) is 0 Å². The van der Waals surface area contributed by atoms with Crippen molar-refractivity contribution in [3.8, 4) is 0 Å². The highest BCUT2D eigenvalue weighted by Crippen LogP contribution is 2.41. The number of nitrogens with one attached hydrogen (secondary N) is 3. The minimum absolute atomic E-state index is 0.194. The molecule has 2 fully saturated rings. The molecule has 5 rings (SSSR count). The number of nitrogens with two attached hydrogens (primary N) is 1. The molecule has 0 unspecified atom stereocenters. The number of anilines is 3. The third-order valence-electron chi connectivity index (χ3n) is 6.54. The summed E-state index contributed by atoms with van der Waals surface area (Å²) in [6, 6.07) is 22.6. The van der Waals surface area contributed by atoms with Crippen LogP contribution in [0.1, 0.15) is 46.7 Å². The topological polar surface area (TPSA) is 105 Å². The Labute approximate surface area is 205 Å². The van der Waals surface area contributed by atoms with Gasteiger partial charge in [-0.15, -0.1) is 0 Å². The minimum Gasteiger partial charge on any atom is -0.444 e. The van der Waals surface area contributed by atoms with Gasteiger partial charge in [-0.2, -0.15) is 0 Å². The highest BCUT2D eigenvalue weighted by Gasteiger charge is 2.38. The largest absolute Gasteiger partial charge is 0.444 e. The second-order valence-corrected chi connectivity index (χ2v) is 9.36. The van der Waals surface area contributed by atoms with Crippen molar-refractivity contribution in [1.82, 2.24) is 5.32 Å². The van der Waals surface area contributed by atoms with Gasteiger partial charge in [-0.05, 0) is 79.3 Å². The van der Waals surface area contributed by atoms with Crippen LogP contribution in [-0.4, -0.2) is 24.6 Å². The molecule has 0 saturated heterocycles.